The first-order chi connectivity index (χ1) is 21.2. The van der Waals surface area contributed by atoms with Crippen molar-refractivity contribution in [1.82, 2.24) is 45.0 Å². The van der Waals surface area contributed by atoms with Crippen molar-refractivity contribution in [2.45, 2.75) is 25.4 Å². The van der Waals surface area contributed by atoms with Crippen LogP contribution in [0.25, 0.3) is 28.1 Å². The molecule has 0 bridgehead atoms. The van der Waals surface area contributed by atoms with Crippen LogP contribution in [-0.4, -0.2) is 45.0 Å². The van der Waals surface area contributed by atoms with Gasteiger partial charge in [0.05, 0.1) is 39.9 Å². The maximum atomic E-state index is 15.3. The molecule has 0 N–H and O–H groups in total. The van der Waals surface area contributed by atoms with Crippen LogP contribution in [0.3, 0.4) is 0 Å². The van der Waals surface area contributed by atoms with E-state index in [2.05, 4.69) is 30.9 Å². The summed E-state index contributed by atoms with van der Waals surface area (Å²) in [5.74, 6) is -0.802. The van der Waals surface area contributed by atoms with Crippen molar-refractivity contribution in [2.75, 3.05) is 0 Å². The fourth-order valence-electron chi connectivity index (χ4n) is 4.77. The van der Waals surface area contributed by atoms with E-state index < -0.39 is 24.8 Å². The third-order valence-electron chi connectivity index (χ3n) is 6.88. The van der Waals surface area contributed by atoms with E-state index in [9.17, 15) is 22.8 Å². The van der Waals surface area contributed by atoms with E-state index >= 15 is 4.39 Å². The Morgan fingerprint density at radius 1 is 0.909 bits per heavy atom. The molecule has 6 aromatic rings. The van der Waals surface area contributed by atoms with Crippen LogP contribution in [0.15, 0.2) is 79.6 Å². The molecule has 0 aliphatic rings. The molecule has 6 rings (SSSR count). The number of tetrazole rings is 1. The Morgan fingerprint density at radius 3 is 2.39 bits per heavy atom. The van der Waals surface area contributed by atoms with Crippen LogP contribution in [0.1, 0.15) is 35.8 Å². The van der Waals surface area contributed by atoms with Crippen molar-refractivity contribution >= 4 is 11.6 Å². The fourth-order valence-corrected chi connectivity index (χ4v) is 4.92. The number of benzene rings is 2. The van der Waals surface area contributed by atoms with Crippen LogP contribution < -0.4 is 4.73 Å². The summed E-state index contributed by atoms with van der Waals surface area (Å²) in [6, 6.07) is 10.5. The standard InChI is InChI=1S/C27H18ClF5N10O/c28-19-6-8-21(41-14-35-37-39-41)24(25(19)29)17-5-7-20(42(44)13-17)22(9-15-1-3-16(4-2-15)26(30)31)40-12-18(10-36-40)23-11-34-38-43(23)27(32)33/h1-8,10-14,22,26-27H,9H2/t22-/m1/s1. The largest absolute Gasteiger partial charge is 0.618 e. The molecule has 224 valence electrons. The maximum Gasteiger partial charge on any atom is 0.335 e. The molecular weight excluding hydrogens is 611 g/mol. The number of nitrogens with zero attached hydrogens (tertiary/aromatic N) is 10. The average molecular weight is 629 g/mol. The lowest BCUT2D eigenvalue weighted by atomic mass is 9.99. The number of alkyl halides is 4. The molecular formula is C27H18ClF5N10O. The zero-order chi connectivity index (χ0) is 31.0. The molecule has 0 amide bonds. The Kier molecular flexibility index (Phi) is 7.73. The van der Waals surface area contributed by atoms with Gasteiger partial charge in [-0.2, -0.15) is 28.0 Å². The van der Waals surface area contributed by atoms with Crippen LogP contribution in [0.2, 0.25) is 5.02 Å². The number of hydrogen-bond donors (Lipinski definition) is 0. The van der Waals surface area contributed by atoms with Gasteiger partial charge in [0.25, 0.3) is 6.43 Å². The predicted molar refractivity (Wildman–Crippen MR) is 144 cm³/mol. The fraction of sp³-hybridized carbons (Fsp3) is 0.148. The molecule has 0 saturated heterocycles. The summed E-state index contributed by atoms with van der Waals surface area (Å²) in [5.41, 5.74) is 1.12. The van der Waals surface area contributed by atoms with Gasteiger partial charge in [-0.3, -0.25) is 4.68 Å². The first-order valence-corrected chi connectivity index (χ1v) is 13.1. The van der Waals surface area contributed by atoms with Crippen LogP contribution in [0.4, 0.5) is 22.0 Å². The van der Waals surface area contributed by atoms with E-state index in [1.54, 1.807) is 0 Å². The van der Waals surface area contributed by atoms with Crippen molar-refractivity contribution in [1.29, 1.82) is 0 Å². The van der Waals surface area contributed by atoms with Gasteiger partial charge in [-0.1, -0.05) is 41.1 Å². The maximum absolute atomic E-state index is 15.3. The third-order valence-corrected chi connectivity index (χ3v) is 7.17. The lowest BCUT2D eigenvalue weighted by Crippen LogP contribution is -2.36. The predicted octanol–water partition coefficient (Wildman–Crippen LogP) is 5.38. The molecule has 0 fully saturated rings. The minimum absolute atomic E-state index is 0.0109. The molecule has 2 aromatic carbocycles. The minimum atomic E-state index is -2.96. The molecule has 4 aromatic heterocycles. The second kappa shape index (κ2) is 11.8. The molecule has 0 radical (unpaired) electrons. The molecule has 0 unspecified atom stereocenters. The lowest BCUT2D eigenvalue weighted by molar-refractivity contribution is -0.615. The summed E-state index contributed by atoms with van der Waals surface area (Å²) in [4.78, 5) is 0. The second-order valence-electron chi connectivity index (χ2n) is 9.49. The van der Waals surface area contributed by atoms with Gasteiger partial charge in [-0.15, -0.1) is 10.2 Å². The van der Waals surface area contributed by atoms with Gasteiger partial charge in [0.2, 0.25) is 5.69 Å². The topological polar surface area (TPSA) is 119 Å². The summed E-state index contributed by atoms with van der Waals surface area (Å²) >= 11 is 6.06. The molecule has 4 heterocycles. The SMILES string of the molecule is [O-][n+]1cc(-c2c(-n3cnnn3)ccc(Cl)c2F)ccc1[C@@H](Cc1ccc(C(F)F)cc1)n1cc(-c2cnnn2C(F)F)cn1. The van der Waals surface area contributed by atoms with Crippen molar-refractivity contribution < 1.29 is 26.7 Å². The monoisotopic (exact) mass is 628 g/mol. The lowest BCUT2D eigenvalue weighted by Gasteiger charge is -2.19. The Bertz CT molecular complexity index is 1910. The summed E-state index contributed by atoms with van der Waals surface area (Å²) in [6.45, 7) is -2.96. The Labute approximate surface area is 249 Å². The highest BCUT2D eigenvalue weighted by molar-refractivity contribution is 6.31. The van der Waals surface area contributed by atoms with Gasteiger partial charge >= 0.3 is 6.55 Å². The quantitative estimate of drug-likeness (QED) is 0.120. The van der Waals surface area contributed by atoms with E-state index in [1.807, 2.05) is 0 Å². The molecule has 1 atom stereocenters. The highest BCUT2D eigenvalue weighted by Crippen LogP contribution is 2.34. The zero-order valence-electron chi connectivity index (χ0n) is 22.1. The van der Waals surface area contributed by atoms with E-state index in [0.29, 0.717) is 15.0 Å². The minimum Gasteiger partial charge on any atom is -0.618 e. The van der Waals surface area contributed by atoms with Gasteiger partial charge in [0, 0.05) is 29.8 Å². The van der Waals surface area contributed by atoms with E-state index in [0.717, 1.165) is 12.4 Å². The first kappa shape index (κ1) is 28.9. The third kappa shape index (κ3) is 5.46. The van der Waals surface area contributed by atoms with Crippen molar-refractivity contribution in [2.24, 2.45) is 0 Å². The number of pyridine rings is 1. The van der Waals surface area contributed by atoms with Gasteiger partial charge in [0.1, 0.15) is 12.4 Å². The molecule has 0 spiro atoms. The van der Waals surface area contributed by atoms with Crippen LogP contribution in [-0.2, 0) is 6.42 Å². The average Bonchev–Trinajstić information content (AvgIpc) is 3.80. The molecule has 0 saturated carbocycles. The van der Waals surface area contributed by atoms with E-state index in [-0.39, 0.29) is 50.8 Å². The van der Waals surface area contributed by atoms with Gasteiger partial charge in [-0.05, 0) is 34.2 Å². The van der Waals surface area contributed by atoms with Crippen molar-refractivity contribution in [3.63, 3.8) is 0 Å². The normalized spacial score (nSPS) is 12.4. The number of halogens is 6. The zero-order valence-corrected chi connectivity index (χ0v) is 22.8. The van der Waals surface area contributed by atoms with Crippen LogP contribution in [0.5, 0.6) is 0 Å². The van der Waals surface area contributed by atoms with Crippen LogP contribution >= 0.6 is 11.6 Å². The Hall–Kier alpha value is -5.25. The summed E-state index contributed by atoms with van der Waals surface area (Å²) in [7, 11) is 0. The van der Waals surface area contributed by atoms with Crippen LogP contribution in [0, 0.1) is 11.0 Å². The summed E-state index contributed by atoms with van der Waals surface area (Å²) in [5, 5.41) is 35.6. The van der Waals surface area contributed by atoms with Crippen molar-refractivity contribution in [3.05, 3.63) is 113 Å². The molecule has 11 nitrogen and oxygen atoms in total. The van der Waals surface area contributed by atoms with Gasteiger partial charge < -0.3 is 5.21 Å². The highest BCUT2D eigenvalue weighted by atomic mass is 35.5. The smallest absolute Gasteiger partial charge is 0.335 e. The highest BCUT2D eigenvalue weighted by Gasteiger charge is 2.27. The summed E-state index contributed by atoms with van der Waals surface area (Å²) < 4.78 is 72.1. The number of rotatable bonds is 9. The van der Waals surface area contributed by atoms with Gasteiger partial charge in [0.15, 0.2) is 12.0 Å². The van der Waals surface area contributed by atoms with E-state index in [4.69, 9.17) is 11.6 Å². The molecule has 0 aliphatic heterocycles. The first-order valence-electron chi connectivity index (χ1n) is 12.8. The molecule has 44 heavy (non-hydrogen) atoms. The Morgan fingerprint density at radius 2 is 1.70 bits per heavy atom. The number of aromatic nitrogens is 10. The van der Waals surface area contributed by atoms with E-state index in [1.165, 1.54) is 76.6 Å². The molecule has 17 heteroatoms. The van der Waals surface area contributed by atoms with Crippen molar-refractivity contribution in [3.8, 4) is 28.1 Å². The number of hydrogen-bond acceptors (Lipinski definition) is 7. The second-order valence-corrected chi connectivity index (χ2v) is 9.90. The molecule has 0 aliphatic carbocycles. The summed E-state index contributed by atoms with van der Waals surface area (Å²) in [6.07, 6.45) is 3.74. The van der Waals surface area contributed by atoms with Gasteiger partial charge in [-0.25, -0.2) is 13.2 Å². The Balaban J connectivity index is 1.43.